The van der Waals surface area contributed by atoms with Crippen LogP contribution in [0.1, 0.15) is 38.2 Å². The van der Waals surface area contributed by atoms with Gasteiger partial charge in [0.05, 0.1) is 0 Å². The first-order valence-electron chi connectivity index (χ1n) is 6.62. The summed E-state index contributed by atoms with van der Waals surface area (Å²) in [5.41, 5.74) is 1.34. The molecule has 0 N–H and O–H groups in total. The first-order valence-corrected chi connectivity index (χ1v) is 7.00. The van der Waals surface area contributed by atoms with Gasteiger partial charge in [0.25, 0.3) is 0 Å². The normalized spacial score (nSPS) is 17.2. The van der Waals surface area contributed by atoms with Gasteiger partial charge in [0.2, 0.25) is 5.91 Å². The zero-order chi connectivity index (χ0) is 13.1. The van der Waals surface area contributed by atoms with Crippen LogP contribution in [0.5, 0.6) is 0 Å². The minimum absolute atomic E-state index is 0.108. The predicted octanol–water partition coefficient (Wildman–Crippen LogP) is 3.70. The number of benzene rings is 1. The molecule has 1 aromatic rings. The average Bonchev–Trinajstić information content (AvgIpc) is 2.39. The summed E-state index contributed by atoms with van der Waals surface area (Å²) < 4.78 is 0. The number of carbonyl (C=O) groups excluding carboxylic acids is 1. The standard InChI is InChI=1S/C15H20ClNO/c1-11(2)15(18)17-9-7-13(8-10-17)12-3-5-14(16)6-4-12/h3-6,11,13H,7-10H2,1-2H3. The van der Waals surface area contributed by atoms with Crippen molar-refractivity contribution in [3.8, 4) is 0 Å². The van der Waals surface area contributed by atoms with E-state index >= 15 is 0 Å². The molecule has 0 aromatic heterocycles. The number of amides is 1. The summed E-state index contributed by atoms with van der Waals surface area (Å²) in [4.78, 5) is 13.9. The fourth-order valence-electron chi connectivity index (χ4n) is 2.53. The van der Waals surface area contributed by atoms with Crippen LogP contribution in [-0.4, -0.2) is 23.9 Å². The van der Waals surface area contributed by atoms with Gasteiger partial charge in [-0.25, -0.2) is 0 Å². The zero-order valence-electron chi connectivity index (χ0n) is 11.0. The van der Waals surface area contributed by atoms with Crippen molar-refractivity contribution in [1.29, 1.82) is 0 Å². The van der Waals surface area contributed by atoms with Gasteiger partial charge in [-0.15, -0.1) is 0 Å². The van der Waals surface area contributed by atoms with Gasteiger partial charge >= 0.3 is 0 Å². The highest BCUT2D eigenvalue weighted by Crippen LogP contribution is 2.29. The maximum atomic E-state index is 11.9. The van der Waals surface area contributed by atoms with E-state index in [1.54, 1.807) is 0 Å². The molecular weight excluding hydrogens is 246 g/mol. The largest absolute Gasteiger partial charge is 0.342 e. The number of likely N-dealkylation sites (tertiary alicyclic amines) is 1. The second-order valence-electron chi connectivity index (χ2n) is 5.31. The maximum Gasteiger partial charge on any atom is 0.225 e. The lowest BCUT2D eigenvalue weighted by Crippen LogP contribution is -2.40. The molecule has 0 radical (unpaired) electrons. The van der Waals surface area contributed by atoms with Crippen molar-refractivity contribution in [2.24, 2.45) is 5.92 Å². The van der Waals surface area contributed by atoms with Crippen molar-refractivity contribution < 1.29 is 4.79 Å². The van der Waals surface area contributed by atoms with Gasteiger partial charge in [0.1, 0.15) is 0 Å². The summed E-state index contributed by atoms with van der Waals surface area (Å²) in [5, 5.41) is 0.783. The molecule has 1 aliphatic heterocycles. The highest BCUT2D eigenvalue weighted by molar-refractivity contribution is 6.30. The number of piperidine rings is 1. The third-order valence-electron chi connectivity index (χ3n) is 3.64. The fraction of sp³-hybridized carbons (Fsp3) is 0.533. The summed E-state index contributed by atoms with van der Waals surface area (Å²) >= 11 is 5.90. The van der Waals surface area contributed by atoms with Crippen molar-refractivity contribution >= 4 is 17.5 Å². The second-order valence-corrected chi connectivity index (χ2v) is 5.74. The van der Waals surface area contributed by atoms with Crippen molar-refractivity contribution in [3.05, 3.63) is 34.9 Å². The van der Waals surface area contributed by atoms with Gasteiger partial charge in [0.15, 0.2) is 0 Å². The quantitative estimate of drug-likeness (QED) is 0.798. The molecule has 2 rings (SSSR count). The van der Waals surface area contributed by atoms with Gasteiger partial charge in [-0.1, -0.05) is 37.6 Å². The molecule has 1 amide bonds. The lowest BCUT2D eigenvalue weighted by atomic mass is 9.89. The van der Waals surface area contributed by atoms with Crippen molar-refractivity contribution in [2.45, 2.75) is 32.6 Å². The minimum Gasteiger partial charge on any atom is -0.342 e. The van der Waals surface area contributed by atoms with E-state index < -0.39 is 0 Å². The van der Waals surface area contributed by atoms with Crippen LogP contribution in [0.25, 0.3) is 0 Å². The highest BCUT2D eigenvalue weighted by Gasteiger charge is 2.24. The smallest absolute Gasteiger partial charge is 0.225 e. The molecule has 1 heterocycles. The van der Waals surface area contributed by atoms with E-state index in [-0.39, 0.29) is 11.8 Å². The van der Waals surface area contributed by atoms with E-state index in [1.807, 2.05) is 30.9 Å². The number of halogens is 1. The number of nitrogens with zero attached hydrogens (tertiary/aromatic N) is 1. The van der Waals surface area contributed by atoms with E-state index in [0.29, 0.717) is 5.92 Å². The Labute approximate surface area is 114 Å². The van der Waals surface area contributed by atoms with Crippen LogP contribution in [0.4, 0.5) is 0 Å². The molecule has 3 heteroatoms. The first-order chi connectivity index (χ1) is 8.58. The van der Waals surface area contributed by atoms with E-state index in [0.717, 1.165) is 31.0 Å². The Kier molecular flexibility index (Phi) is 4.28. The van der Waals surface area contributed by atoms with Gasteiger partial charge < -0.3 is 4.90 Å². The minimum atomic E-state index is 0.108. The van der Waals surface area contributed by atoms with Gasteiger partial charge in [-0.2, -0.15) is 0 Å². The SMILES string of the molecule is CC(C)C(=O)N1CCC(c2ccc(Cl)cc2)CC1. The third-order valence-corrected chi connectivity index (χ3v) is 3.89. The summed E-state index contributed by atoms with van der Waals surface area (Å²) in [6.07, 6.45) is 2.11. The van der Waals surface area contributed by atoms with Crippen molar-refractivity contribution in [3.63, 3.8) is 0 Å². The summed E-state index contributed by atoms with van der Waals surface area (Å²) in [6, 6.07) is 8.10. The fourth-order valence-corrected chi connectivity index (χ4v) is 2.66. The molecule has 98 valence electrons. The molecule has 1 aromatic carbocycles. The monoisotopic (exact) mass is 265 g/mol. The van der Waals surface area contributed by atoms with Gasteiger partial charge in [-0.3, -0.25) is 4.79 Å². The van der Waals surface area contributed by atoms with Crippen molar-refractivity contribution in [2.75, 3.05) is 13.1 Å². The molecule has 2 nitrogen and oxygen atoms in total. The van der Waals surface area contributed by atoms with E-state index in [4.69, 9.17) is 11.6 Å². The lowest BCUT2D eigenvalue weighted by molar-refractivity contribution is -0.135. The molecule has 18 heavy (non-hydrogen) atoms. The molecule has 0 aliphatic carbocycles. The molecule has 1 aliphatic rings. The van der Waals surface area contributed by atoms with Crippen LogP contribution in [-0.2, 0) is 4.79 Å². The number of hydrogen-bond donors (Lipinski definition) is 0. The number of carbonyl (C=O) groups is 1. The highest BCUT2D eigenvalue weighted by atomic mass is 35.5. The average molecular weight is 266 g/mol. The Morgan fingerprint density at radius 3 is 2.28 bits per heavy atom. The molecule has 1 fully saturated rings. The Hall–Kier alpha value is -1.02. The van der Waals surface area contributed by atoms with Gasteiger partial charge in [-0.05, 0) is 36.5 Å². The van der Waals surface area contributed by atoms with Crippen LogP contribution in [0, 0.1) is 5.92 Å². The predicted molar refractivity (Wildman–Crippen MR) is 74.8 cm³/mol. The number of rotatable bonds is 2. The Bertz CT molecular complexity index is 405. The summed E-state index contributed by atoms with van der Waals surface area (Å²) in [6.45, 7) is 5.69. The molecule has 1 saturated heterocycles. The van der Waals surface area contributed by atoms with Crippen LogP contribution in [0.2, 0.25) is 5.02 Å². The van der Waals surface area contributed by atoms with E-state index in [2.05, 4.69) is 12.1 Å². The maximum absolute atomic E-state index is 11.9. The van der Waals surface area contributed by atoms with Gasteiger partial charge in [0, 0.05) is 24.0 Å². The topological polar surface area (TPSA) is 20.3 Å². The third kappa shape index (κ3) is 3.05. The Morgan fingerprint density at radius 2 is 1.78 bits per heavy atom. The van der Waals surface area contributed by atoms with E-state index in [9.17, 15) is 4.79 Å². The van der Waals surface area contributed by atoms with Crippen LogP contribution in [0.3, 0.4) is 0 Å². The number of hydrogen-bond acceptors (Lipinski definition) is 1. The zero-order valence-corrected chi connectivity index (χ0v) is 11.8. The van der Waals surface area contributed by atoms with Crippen LogP contribution in [0.15, 0.2) is 24.3 Å². The van der Waals surface area contributed by atoms with Crippen LogP contribution >= 0.6 is 11.6 Å². The molecule has 0 saturated carbocycles. The lowest BCUT2D eigenvalue weighted by Gasteiger charge is -2.33. The van der Waals surface area contributed by atoms with Crippen LogP contribution < -0.4 is 0 Å². The molecule has 0 atom stereocenters. The molecule has 0 unspecified atom stereocenters. The summed E-state index contributed by atoms with van der Waals surface area (Å²) in [5.74, 6) is 0.958. The summed E-state index contributed by atoms with van der Waals surface area (Å²) in [7, 11) is 0. The molecular formula is C15H20ClNO. The second kappa shape index (κ2) is 5.75. The first kappa shape index (κ1) is 13.4. The molecule has 0 bridgehead atoms. The Balaban J connectivity index is 1.94. The van der Waals surface area contributed by atoms with E-state index in [1.165, 1.54) is 5.56 Å². The van der Waals surface area contributed by atoms with Crippen molar-refractivity contribution in [1.82, 2.24) is 4.90 Å². The molecule has 0 spiro atoms. The Morgan fingerprint density at radius 1 is 1.22 bits per heavy atom.